The zero-order chi connectivity index (χ0) is 12.5. The number of nitrogens with one attached hydrogen (secondary N) is 2. The van der Waals surface area contributed by atoms with Crippen molar-refractivity contribution in [2.24, 2.45) is 0 Å². The van der Waals surface area contributed by atoms with Gasteiger partial charge in [-0.05, 0) is 19.4 Å². The molecule has 2 rings (SSSR count). The molecule has 1 aliphatic rings. The van der Waals surface area contributed by atoms with E-state index in [4.69, 9.17) is 0 Å². The molecule has 1 aromatic rings. The van der Waals surface area contributed by atoms with Crippen LogP contribution in [-0.4, -0.2) is 22.4 Å². The molecule has 96 valence electrons. The van der Waals surface area contributed by atoms with Crippen LogP contribution in [-0.2, 0) is 12.0 Å². The average Bonchev–Trinajstić information content (AvgIpc) is 2.62. The smallest absolute Gasteiger partial charge is 0.266 e. The van der Waals surface area contributed by atoms with Crippen LogP contribution in [0.25, 0.3) is 0 Å². The van der Waals surface area contributed by atoms with Crippen LogP contribution >= 0.6 is 0 Å². The molecule has 2 heterocycles. The summed E-state index contributed by atoms with van der Waals surface area (Å²) in [5.41, 5.74) is 1.10. The number of nitrogens with zero attached hydrogens (tertiary/aromatic N) is 1. The van der Waals surface area contributed by atoms with E-state index in [1.165, 1.54) is 12.8 Å². The number of hydrogen-bond acceptors (Lipinski definition) is 2. The number of piperidine rings is 1. The van der Waals surface area contributed by atoms with Crippen molar-refractivity contribution in [2.75, 3.05) is 6.54 Å². The first-order valence-electron chi connectivity index (χ1n) is 6.50. The summed E-state index contributed by atoms with van der Waals surface area (Å²) in [5.74, 6) is 0. The molecule has 2 N–H and O–H groups in total. The van der Waals surface area contributed by atoms with Crippen molar-refractivity contribution in [3.63, 3.8) is 0 Å². The molecule has 0 bridgehead atoms. The highest BCUT2D eigenvalue weighted by atomic mass is 16.1. The van der Waals surface area contributed by atoms with E-state index in [2.05, 4.69) is 31.2 Å². The Hall–Kier alpha value is -1.03. The van der Waals surface area contributed by atoms with Crippen molar-refractivity contribution in [3.05, 3.63) is 22.1 Å². The lowest BCUT2D eigenvalue weighted by atomic mass is 9.93. The minimum absolute atomic E-state index is 0.00437. The van der Waals surface area contributed by atoms with Gasteiger partial charge >= 0.3 is 0 Å². The van der Waals surface area contributed by atoms with Gasteiger partial charge in [-0.15, -0.1) is 0 Å². The van der Waals surface area contributed by atoms with Gasteiger partial charge in [0.15, 0.2) is 0 Å². The molecule has 0 aliphatic carbocycles. The first kappa shape index (κ1) is 12.4. The van der Waals surface area contributed by atoms with Gasteiger partial charge in [-0.1, -0.05) is 27.2 Å². The first-order valence-corrected chi connectivity index (χ1v) is 6.50. The third-order valence-electron chi connectivity index (χ3n) is 3.41. The van der Waals surface area contributed by atoms with Gasteiger partial charge in [-0.25, -0.2) is 0 Å². The molecule has 4 nitrogen and oxygen atoms in total. The highest BCUT2D eigenvalue weighted by molar-refractivity contribution is 5.10. The SMILES string of the molecule is CC(C)(C)c1cc(=O)n(C[C@H]2CCCCN2)[nH]1. The second kappa shape index (κ2) is 4.69. The van der Waals surface area contributed by atoms with Gasteiger partial charge in [0, 0.05) is 23.2 Å². The van der Waals surface area contributed by atoms with Crippen LogP contribution in [0.2, 0.25) is 0 Å². The largest absolute Gasteiger partial charge is 0.312 e. The second-order valence-corrected chi connectivity index (χ2v) is 6.02. The molecule has 1 aliphatic heterocycles. The molecule has 0 radical (unpaired) electrons. The number of H-pyrrole nitrogens is 1. The molecule has 4 heteroatoms. The summed E-state index contributed by atoms with van der Waals surface area (Å²) in [6.45, 7) is 8.17. The van der Waals surface area contributed by atoms with E-state index in [0.29, 0.717) is 6.04 Å². The van der Waals surface area contributed by atoms with Crippen LogP contribution in [0.1, 0.15) is 45.7 Å². The van der Waals surface area contributed by atoms with Crippen molar-refractivity contribution >= 4 is 0 Å². The van der Waals surface area contributed by atoms with Gasteiger partial charge in [0.2, 0.25) is 0 Å². The summed E-state index contributed by atoms with van der Waals surface area (Å²) in [4.78, 5) is 11.9. The fourth-order valence-corrected chi connectivity index (χ4v) is 2.25. The molecule has 17 heavy (non-hydrogen) atoms. The van der Waals surface area contributed by atoms with Gasteiger partial charge in [-0.2, -0.15) is 0 Å². The Morgan fingerprint density at radius 3 is 2.71 bits per heavy atom. The monoisotopic (exact) mass is 237 g/mol. The van der Waals surface area contributed by atoms with Crippen LogP contribution in [0.5, 0.6) is 0 Å². The average molecular weight is 237 g/mol. The lowest BCUT2D eigenvalue weighted by Gasteiger charge is -2.23. The van der Waals surface area contributed by atoms with Crippen molar-refractivity contribution in [1.29, 1.82) is 0 Å². The number of hydrogen-bond donors (Lipinski definition) is 2. The Morgan fingerprint density at radius 1 is 1.41 bits per heavy atom. The normalized spacial score (nSPS) is 21.7. The van der Waals surface area contributed by atoms with Gasteiger partial charge in [0.05, 0.1) is 6.54 Å². The number of rotatable bonds is 2. The van der Waals surface area contributed by atoms with E-state index >= 15 is 0 Å². The Bertz CT molecular complexity index is 419. The van der Waals surface area contributed by atoms with Crippen molar-refractivity contribution in [3.8, 4) is 0 Å². The Labute approximate surface area is 102 Å². The maximum absolute atomic E-state index is 11.9. The van der Waals surface area contributed by atoms with Gasteiger partial charge < -0.3 is 5.32 Å². The molecule has 0 spiro atoms. The third-order valence-corrected chi connectivity index (χ3v) is 3.41. The van der Waals surface area contributed by atoms with Crippen molar-refractivity contribution in [2.45, 2.75) is 58.0 Å². The van der Waals surface area contributed by atoms with Gasteiger partial charge in [0.25, 0.3) is 5.56 Å². The van der Waals surface area contributed by atoms with Crippen LogP contribution < -0.4 is 10.9 Å². The van der Waals surface area contributed by atoms with E-state index in [9.17, 15) is 4.79 Å². The molecule has 1 aromatic heterocycles. The lowest BCUT2D eigenvalue weighted by Crippen LogP contribution is -2.39. The molecule has 1 fully saturated rings. The van der Waals surface area contributed by atoms with Crippen LogP contribution in [0.15, 0.2) is 10.9 Å². The standard InChI is InChI=1S/C13H23N3O/c1-13(2,3)11-8-12(17)16(15-11)9-10-6-4-5-7-14-10/h8,10,14-15H,4-7,9H2,1-3H3/t10-/m1/s1. The van der Waals surface area contributed by atoms with Gasteiger partial charge in [-0.3, -0.25) is 14.6 Å². The fraction of sp³-hybridized carbons (Fsp3) is 0.769. The lowest BCUT2D eigenvalue weighted by molar-refractivity contribution is 0.345. The number of aromatic nitrogens is 2. The molecular weight excluding hydrogens is 214 g/mol. The summed E-state index contributed by atoms with van der Waals surface area (Å²) in [7, 11) is 0. The molecule has 0 aromatic carbocycles. The van der Waals surface area contributed by atoms with Gasteiger partial charge in [0.1, 0.15) is 0 Å². The van der Waals surface area contributed by atoms with Crippen LogP contribution in [0, 0.1) is 0 Å². The van der Waals surface area contributed by atoms with Crippen molar-refractivity contribution in [1.82, 2.24) is 15.1 Å². The highest BCUT2D eigenvalue weighted by Gasteiger charge is 2.19. The highest BCUT2D eigenvalue weighted by Crippen LogP contribution is 2.18. The summed E-state index contributed by atoms with van der Waals surface area (Å²) >= 11 is 0. The number of aromatic amines is 1. The zero-order valence-electron chi connectivity index (χ0n) is 11.0. The van der Waals surface area contributed by atoms with E-state index in [1.54, 1.807) is 10.7 Å². The fourth-order valence-electron chi connectivity index (χ4n) is 2.25. The van der Waals surface area contributed by atoms with Crippen molar-refractivity contribution < 1.29 is 0 Å². The Kier molecular flexibility index (Phi) is 3.43. The van der Waals surface area contributed by atoms with E-state index in [0.717, 1.165) is 25.2 Å². The summed E-state index contributed by atoms with van der Waals surface area (Å²) in [5, 5.41) is 6.70. The quantitative estimate of drug-likeness (QED) is 0.821. The Morgan fingerprint density at radius 2 is 2.18 bits per heavy atom. The molecule has 1 saturated heterocycles. The third kappa shape index (κ3) is 3.00. The zero-order valence-corrected chi connectivity index (χ0v) is 11.0. The van der Waals surface area contributed by atoms with Crippen LogP contribution in [0.3, 0.4) is 0 Å². The predicted octanol–water partition coefficient (Wildman–Crippen LogP) is 1.62. The molecular formula is C13H23N3O. The summed E-state index contributed by atoms with van der Waals surface area (Å²) in [6, 6.07) is 2.16. The molecule has 1 atom stereocenters. The summed E-state index contributed by atoms with van der Waals surface area (Å²) < 4.78 is 1.74. The summed E-state index contributed by atoms with van der Waals surface area (Å²) in [6.07, 6.45) is 3.68. The minimum Gasteiger partial charge on any atom is -0.312 e. The molecule has 0 unspecified atom stereocenters. The van der Waals surface area contributed by atoms with E-state index < -0.39 is 0 Å². The van der Waals surface area contributed by atoms with Crippen LogP contribution in [0.4, 0.5) is 0 Å². The maximum Gasteiger partial charge on any atom is 0.266 e. The molecule has 0 saturated carbocycles. The first-order chi connectivity index (χ1) is 7.97. The maximum atomic E-state index is 11.9. The topological polar surface area (TPSA) is 49.8 Å². The minimum atomic E-state index is 0.00437. The van der Waals surface area contributed by atoms with E-state index in [1.807, 2.05) is 0 Å². The molecule has 0 amide bonds. The van der Waals surface area contributed by atoms with E-state index in [-0.39, 0.29) is 11.0 Å². The predicted molar refractivity (Wildman–Crippen MR) is 69.4 cm³/mol. The Balaban J connectivity index is 2.10. The second-order valence-electron chi connectivity index (χ2n) is 6.02.